The second-order valence-corrected chi connectivity index (χ2v) is 3.94. The zero-order chi connectivity index (χ0) is 13.6. The van der Waals surface area contributed by atoms with Crippen LogP contribution in [-0.4, -0.2) is 18.1 Å². The lowest BCUT2D eigenvalue weighted by atomic mass is 10.1. The molecule has 0 N–H and O–H groups in total. The molecule has 0 aliphatic carbocycles. The molecule has 0 amide bonds. The van der Waals surface area contributed by atoms with Gasteiger partial charge in [0.2, 0.25) is 0 Å². The smallest absolute Gasteiger partial charge is 0.453 e. The summed E-state index contributed by atoms with van der Waals surface area (Å²) in [7, 11) is 0. The summed E-state index contributed by atoms with van der Waals surface area (Å²) in [6.45, 7) is 1.95. The van der Waals surface area contributed by atoms with Gasteiger partial charge in [-0.05, 0) is 36.4 Å². The molecular formula is C12H9F3O2S. The molecular weight excluding hydrogens is 265 g/mol. The quantitative estimate of drug-likeness (QED) is 0.610. The van der Waals surface area contributed by atoms with Crippen LogP contribution in [0.3, 0.4) is 0 Å². The summed E-state index contributed by atoms with van der Waals surface area (Å²) in [5.74, 6) is 1.87. The Kier molecular flexibility index (Phi) is 5.10. The van der Waals surface area contributed by atoms with Gasteiger partial charge in [-0.25, -0.2) is 4.79 Å². The molecule has 0 saturated carbocycles. The maximum Gasteiger partial charge on any atom is 0.453 e. The Morgan fingerprint density at radius 3 is 2.44 bits per heavy atom. The molecule has 0 aliphatic heterocycles. The molecule has 0 radical (unpaired) electrons. The van der Waals surface area contributed by atoms with E-state index in [1.807, 2.05) is 5.25 Å². The number of carbonyl (C=O) groups excluding carboxylic acids is 1. The highest BCUT2D eigenvalue weighted by Gasteiger charge is 2.27. The van der Waals surface area contributed by atoms with Crippen LogP contribution >= 0.6 is 11.8 Å². The monoisotopic (exact) mass is 274 g/mol. The van der Waals surface area contributed by atoms with Crippen molar-refractivity contribution in [2.24, 2.45) is 0 Å². The van der Waals surface area contributed by atoms with Crippen molar-refractivity contribution in [2.45, 2.75) is 12.4 Å². The summed E-state index contributed by atoms with van der Waals surface area (Å²) in [4.78, 5) is 11.3. The fourth-order valence-electron chi connectivity index (χ4n) is 1.05. The summed E-state index contributed by atoms with van der Waals surface area (Å²) < 4.78 is 40.2. The third-order valence-corrected chi connectivity index (χ3v) is 2.19. The number of ether oxygens (including phenoxy) is 1. The molecule has 0 atom stereocenters. The van der Waals surface area contributed by atoms with Crippen LogP contribution in [-0.2, 0) is 4.74 Å². The number of benzene rings is 1. The first-order valence-corrected chi connectivity index (χ1v) is 5.77. The fourth-order valence-corrected chi connectivity index (χ4v) is 1.33. The van der Waals surface area contributed by atoms with Crippen LogP contribution in [0.15, 0.2) is 24.3 Å². The van der Waals surface area contributed by atoms with Crippen molar-refractivity contribution in [2.75, 3.05) is 6.61 Å². The van der Waals surface area contributed by atoms with E-state index >= 15 is 0 Å². The molecule has 0 saturated heterocycles. The number of carbonyl (C=O) groups is 1. The third kappa shape index (κ3) is 5.15. The Hall–Kier alpha value is -1.61. The fraction of sp³-hybridized carbons (Fsp3) is 0.250. The number of hydrogen-bond donors (Lipinski definition) is 0. The van der Waals surface area contributed by atoms with Gasteiger partial charge < -0.3 is 4.74 Å². The van der Waals surface area contributed by atoms with Crippen molar-refractivity contribution >= 4 is 17.7 Å². The predicted octanol–water partition coefficient (Wildman–Crippen LogP) is 3.43. The van der Waals surface area contributed by atoms with Gasteiger partial charge in [0.25, 0.3) is 0 Å². The number of hydrogen-bond acceptors (Lipinski definition) is 3. The molecule has 1 aromatic rings. The maximum atomic E-state index is 11.8. The SMILES string of the molecule is CCOC(=O)c1ccc(C#CSC(F)(F)F)cc1. The second kappa shape index (κ2) is 6.36. The lowest BCUT2D eigenvalue weighted by Crippen LogP contribution is -2.04. The highest BCUT2D eigenvalue weighted by atomic mass is 32.2. The van der Waals surface area contributed by atoms with Crippen LogP contribution in [0, 0.1) is 11.2 Å². The number of halogens is 3. The molecule has 18 heavy (non-hydrogen) atoms. The molecule has 2 nitrogen and oxygen atoms in total. The number of alkyl halides is 3. The zero-order valence-electron chi connectivity index (χ0n) is 9.38. The first-order chi connectivity index (χ1) is 8.42. The summed E-state index contributed by atoms with van der Waals surface area (Å²) >= 11 is -0.406. The second-order valence-electron chi connectivity index (χ2n) is 3.07. The standard InChI is InChI=1S/C12H9F3O2S/c1-2-17-11(16)10-5-3-9(4-6-10)7-8-18-12(13,14)15/h3-6H,2H2,1H3. The highest BCUT2D eigenvalue weighted by molar-refractivity contribution is 8.04. The predicted molar refractivity (Wildman–Crippen MR) is 62.9 cm³/mol. The van der Waals surface area contributed by atoms with Gasteiger partial charge in [-0.1, -0.05) is 5.92 Å². The molecule has 0 heterocycles. The van der Waals surface area contributed by atoms with Crippen molar-refractivity contribution < 1.29 is 22.7 Å². The lowest BCUT2D eigenvalue weighted by molar-refractivity contribution is -0.0318. The average Bonchev–Trinajstić information content (AvgIpc) is 2.28. The van der Waals surface area contributed by atoms with Crippen molar-refractivity contribution in [3.05, 3.63) is 35.4 Å². The lowest BCUT2D eigenvalue weighted by Gasteiger charge is -2.01. The van der Waals surface area contributed by atoms with E-state index in [1.165, 1.54) is 24.3 Å². The van der Waals surface area contributed by atoms with Gasteiger partial charge in [-0.3, -0.25) is 0 Å². The Morgan fingerprint density at radius 2 is 1.94 bits per heavy atom. The first-order valence-electron chi connectivity index (χ1n) is 4.95. The van der Waals surface area contributed by atoms with E-state index in [9.17, 15) is 18.0 Å². The zero-order valence-corrected chi connectivity index (χ0v) is 10.2. The van der Waals surface area contributed by atoms with Gasteiger partial charge >= 0.3 is 11.5 Å². The maximum absolute atomic E-state index is 11.8. The summed E-state index contributed by atoms with van der Waals surface area (Å²) in [6, 6.07) is 5.85. The minimum atomic E-state index is -4.36. The summed E-state index contributed by atoms with van der Waals surface area (Å²) in [5.41, 5.74) is -3.62. The van der Waals surface area contributed by atoms with Crippen LogP contribution in [0.4, 0.5) is 13.2 Å². The van der Waals surface area contributed by atoms with Crippen LogP contribution in [0.25, 0.3) is 0 Å². The van der Waals surface area contributed by atoms with E-state index in [0.717, 1.165) is 0 Å². The first kappa shape index (κ1) is 14.5. The van der Waals surface area contributed by atoms with Gasteiger partial charge in [0.15, 0.2) is 0 Å². The van der Waals surface area contributed by atoms with Gasteiger partial charge in [-0.2, -0.15) is 13.2 Å². The average molecular weight is 274 g/mol. The van der Waals surface area contributed by atoms with Crippen molar-refractivity contribution in [1.82, 2.24) is 0 Å². The van der Waals surface area contributed by atoms with E-state index in [0.29, 0.717) is 11.1 Å². The minimum Gasteiger partial charge on any atom is -0.462 e. The van der Waals surface area contributed by atoms with E-state index in [4.69, 9.17) is 4.74 Å². The van der Waals surface area contributed by atoms with Gasteiger partial charge in [0, 0.05) is 17.3 Å². The Morgan fingerprint density at radius 1 is 1.33 bits per heavy atom. The summed E-state index contributed by atoms with van der Waals surface area (Å²) in [5, 5.41) is 1.94. The number of rotatable bonds is 2. The number of thioether (sulfide) groups is 1. The molecule has 0 fully saturated rings. The molecule has 6 heteroatoms. The Bertz CT molecular complexity index is 469. The molecule has 1 aromatic carbocycles. The normalized spacial score (nSPS) is 10.4. The van der Waals surface area contributed by atoms with E-state index in [1.54, 1.807) is 6.92 Å². The van der Waals surface area contributed by atoms with Gasteiger partial charge in [0.05, 0.1) is 12.2 Å². The van der Waals surface area contributed by atoms with Crippen molar-refractivity contribution in [3.63, 3.8) is 0 Å². The minimum absolute atomic E-state index is 0.266. The Balaban J connectivity index is 2.69. The third-order valence-electron chi connectivity index (χ3n) is 1.76. The van der Waals surface area contributed by atoms with Gasteiger partial charge in [-0.15, -0.1) is 0 Å². The van der Waals surface area contributed by atoms with E-state index in [-0.39, 0.29) is 6.61 Å². The molecule has 1 rings (SSSR count). The van der Waals surface area contributed by atoms with Crippen LogP contribution in [0.5, 0.6) is 0 Å². The van der Waals surface area contributed by atoms with Crippen molar-refractivity contribution in [3.8, 4) is 11.2 Å². The molecule has 0 aliphatic rings. The Labute approximate surface area is 107 Å². The summed E-state index contributed by atoms with van der Waals surface area (Å²) in [6.07, 6.45) is 0. The van der Waals surface area contributed by atoms with Crippen LogP contribution in [0.2, 0.25) is 0 Å². The van der Waals surface area contributed by atoms with E-state index < -0.39 is 23.2 Å². The molecule has 96 valence electrons. The number of esters is 1. The highest BCUT2D eigenvalue weighted by Crippen LogP contribution is 2.28. The van der Waals surface area contributed by atoms with E-state index in [2.05, 4.69) is 5.92 Å². The molecule has 0 aromatic heterocycles. The molecule has 0 bridgehead atoms. The topological polar surface area (TPSA) is 26.3 Å². The molecule has 0 spiro atoms. The molecule has 0 unspecified atom stereocenters. The largest absolute Gasteiger partial charge is 0.462 e. The van der Waals surface area contributed by atoms with Gasteiger partial charge in [0.1, 0.15) is 0 Å². The van der Waals surface area contributed by atoms with Crippen LogP contribution in [0.1, 0.15) is 22.8 Å². The van der Waals surface area contributed by atoms with Crippen molar-refractivity contribution in [1.29, 1.82) is 0 Å². The van der Waals surface area contributed by atoms with Crippen LogP contribution < -0.4 is 0 Å².